The van der Waals surface area contributed by atoms with Gasteiger partial charge in [-0.3, -0.25) is 9.59 Å². The van der Waals surface area contributed by atoms with Crippen LogP contribution in [0.2, 0.25) is 0 Å². The Labute approximate surface area is 190 Å². The van der Waals surface area contributed by atoms with E-state index in [4.69, 9.17) is 4.74 Å². The van der Waals surface area contributed by atoms with Gasteiger partial charge in [-0.25, -0.2) is 0 Å². The fourth-order valence-electron chi connectivity index (χ4n) is 3.04. The molecule has 2 rings (SSSR count). The standard InChI is InChI=1S/C25H34N2O3S/c1-5-19(2)26-25(29)20(3)27(17-21-11-13-23(30-4)14-12-21)24(28)15-16-31-18-22-9-7-6-8-10-22/h6-14,19-20H,5,15-18H2,1-4H3,(H,26,29)/t19-,20+/m0/s1. The summed E-state index contributed by atoms with van der Waals surface area (Å²) >= 11 is 1.73. The molecule has 0 unspecified atom stereocenters. The first-order valence-corrected chi connectivity index (χ1v) is 11.9. The number of carbonyl (C=O) groups excluding carboxylic acids is 2. The van der Waals surface area contributed by atoms with Crippen molar-refractivity contribution < 1.29 is 14.3 Å². The Morgan fingerprint density at radius 2 is 1.71 bits per heavy atom. The zero-order valence-corrected chi connectivity index (χ0v) is 19.8. The number of methoxy groups -OCH3 is 1. The number of ether oxygens (including phenoxy) is 1. The van der Waals surface area contributed by atoms with Crippen molar-refractivity contribution in [3.63, 3.8) is 0 Å². The van der Waals surface area contributed by atoms with Gasteiger partial charge in [0, 0.05) is 30.5 Å². The molecule has 0 heterocycles. The van der Waals surface area contributed by atoms with Gasteiger partial charge in [-0.05, 0) is 43.5 Å². The molecule has 2 amide bonds. The molecule has 0 aliphatic carbocycles. The third kappa shape index (κ3) is 8.29. The molecule has 2 atom stereocenters. The lowest BCUT2D eigenvalue weighted by molar-refractivity contribution is -0.140. The summed E-state index contributed by atoms with van der Waals surface area (Å²) in [7, 11) is 1.62. The van der Waals surface area contributed by atoms with E-state index in [1.54, 1.807) is 30.7 Å². The van der Waals surface area contributed by atoms with Gasteiger partial charge in [-0.1, -0.05) is 49.4 Å². The van der Waals surface area contributed by atoms with Gasteiger partial charge in [0.2, 0.25) is 11.8 Å². The Morgan fingerprint density at radius 3 is 2.32 bits per heavy atom. The molecule has 0 saturated carbocycles. The number of benzene rings is 2. The van der Waals surface area contributed by atoms with Crippen LogP contribution in [0.1, 0.15) is 44.7 Å². The van der Waals surface area contributed by atoms with Crippen LogP contribution >= 0.6 is 11.8 Å². The molecular weight excluding hydrogens is 408 g/mol. The van der Waals surface area contributed by atoms with E-state index in [0.29, 0.717) is 18.7 Å². The Bertz CT molecular complexity index is 811. The molecule has 0 radical (unpaired) electrons. The van der Waals surface area contributed by atoms with E-state index in [1.807, 2.05) is 56.3 Å². The summed E-state index contributed by atoms with van der Waals surface area (Å²) in [6, 6.07) is 17.4. The monoisotopic (exact) mass is 442 g/mol. The molecule has 2 aromatic carbocycles. The molecule has 168 valence electrons. The molecule has 0 spiro atoms. The number of nitrogens with zero attached hydrogens (tertiary/aromatic N) is 1. The highest BCUT2D eigenvalue weighted by atomic mass is 32.2. The maximum Gasteiger partial charge on any atom is 0.242 e. The zero-order chi connectivity index (χ0) is 22.6. The summed E-state index contributed by atoms with van der Waals surface area (Å²) in [6.07, 6.45) is 1.25. The van der Waals surface area contributed by atoms with E-state index < -0.39 is 6.04 Å². The molecule has 0 saturated heterocycles. The summed E-state index contributed by atoms with van der Waals surface area (Å²) in [5.74, 6) is 2.22. The number of thioether (sulfide) groups is 1. The van der Waals surface area contributed by atoms with Crippen LogP contribution in [0.5, 0.6) is 5.75 Å². The first kappa shape index (κ1) is 24.8. The largest absolute Gasteiger partial charge is 0.497 e. The first-order chi connectivity index (χ1) is 14.9. The molecule has 31 heavy (non-hydrogen) atoms. The number of carbonyl (C=O) groups is 2. The van der Waals surface area contributed by atoms with E-state index in [-0.39, 0.29) is 17.9 Å². The van der Waals surface area contributed by atoms with Gasteiger partial charge in [0.15, 0.2) is 0 Å². The highest BCUT2D eigenvalue weighted by Gasteiger charge is 2.26. The maximum atomic E-state index is 13.1. The predicted molar refractivity (Wildman–Crippen MR) is 128 cm³/mol. The number of hydrogen-bond acceptors (Lipinski definition) is 4. The Morgan fingerprint density at radius 1 is 1.03 bits per heavy atom. The normalized spacial score (nSPS) is 12.6. The van der Waals surface area contributed by atoms with Crippen LogP contribution in [-0.4, -0.2) is 41.7 Å². The van der Waals surface area contributed by atoms with Crippen LogP contribution in [0.3, 0.4) is 0 Å². The van der Waals surface area contributed by atoms with Crippen molar-refractivity contribution in [3.05, 3.63) is 65.7 Å². The van der Waals surface area contributed by atoms with Crippen molar-refractivity contribution in [1.82, 2.24) is 10.2 Å². The molecule has 0 aliphatic heterocycles. The van der Waals surface area contributed by atoms with E-state index in [9.17, 15) is 9.59 Å². The Balaban J connectivity index is 2.01. The van der Waals surface area contributed by atoms with Crippen LogP contribution in [0.4, 0.5) is 0 Å². The Kier molecular flexibility index (Phi) is 10.4. The molecule has 0 aliphatic rings. The molecule has 2 aromatic rings. The van der Waals surface area contributed by atoms with Gasteiger partial charge in [0.05, 0.1) is 7.11 Å². The molecule has 6 heteroatoms. The lowest BCUT2D eigenvalue weighted by atomic mass is 10.1. The highest BCUT2D eigenvalue weighted by molar-refractivity contribution is 7.98. The second kappa shape index (κ2) is 13.1. The van der Waals surface area contributed by atoms with Crippen molar-refractivity contribution in [2.24, 2.45) is 0 Å². The van der Waals surface area contributed by atoms with E-state index in [2.05, 4.69) is 17.4 Å². The van der Waals surface area contributed by atoms with E-state index >= 15 is 0 Å². The number of nitrogens with one attached hydrogen (secondary N) is 1. The van der Waals surface area contributed by atoms with E-state index in [0.717, 1.165) is 23.5 Å². The SMILES string of the molecule is CC[C@H](C)NC(=O)[C@@H](C)N(Cc1ccc(OC)cc1)C(=O)CCSCc1ccccc1. The van der Waals surface area contributed by atoms with Gasteiger partial charge >= 0.3 is 0 Å². The molecule has 0 fully saturated rings. The maximum absolute atomic E-state index is 13.1. The van der Waals surface area contributed by atoms with Crippen LogP contribution in [0.15, 0.2) is 54.6 Å². The zero-order valence-electron chi connectivity index (χ0n) is 19.0. The fourth-order valence-corrected chi connectivity index (χ4v) is 3.93. The van der Waals surface area contributed by atoms with Crippen LogP contribution < -0.4 is 10.1 Å². The third-order valence-corrected chi connectivity index (χ3v) is 6.28. The van der Waals surface area contributed by atoms with Crippen LogP contribution in [0, 0.1) is 0 Å². The lowest BCUT2D eigenvalue weighted by Gasteiger charge is -2.29. The highest BCUT2D eigenvalue weighted by Crippen LogP contribution is 2.18. The average Bonchev–Trinajstić information content (AvgIpc) is 2.80. The van der Waals surface area contributed by atoms with Gasteiger partial charge in [-0.15, -0.1) is 0 Å². The average molecular weight is 443 g/mol. The van der Waals surface area contributed by atoms with Crippen molar-refractivity contribution in [2.75, 3.05) is 12.9 Å². The van der Waals surface area contributed by atoms with Crippen molar-refractivity contribution in [2.45, 2.75) is 58.0 Å². The van der Waals surface area contributed by atoms with E-state index in [1.165, 1.54) is 5.56 Å². The van der Waals surface area contributed by atoms with Crippen molar-refractivity contribution in [3.8, 4) is 5.75 Å². The smallest absolute Gasteiger partial charge is 0.242 e. The summed E-state index contributed by atoms with van der Waals surface area (Å²) in [5.41, 5.74) is 2.21. The lowest BCUT2D eigenvalue weighted by Crippen LogP contribution is -2.49. The molecular formula is C25H34N2O3S. The minimum atomic E-state index is -0.539. The topological polar surface area (TPSA) is 58.6 Å². The number of rotatable bonds is 12. The van der Waals surface area contributed by atoms with Gasteiger partial charge < -0.3 is 15.0 Å². The van der Waals surface area contributed by atoms with Gasteiger partial charge in [0.1, 0.15) is 11.8 Å². The minimum absolute atomic E-state index is 0.0109. The quantitative estimate of drug-likeness (QED) is 0.486. The third-order valence-electron chi connectivity index (χ3n) is 5.25. The van der Waals surface area contributed by atoms with Crippen molar-refractivity contribution >= 4 is 23.6 Å². The first-order valence-electron chi connectivity index (χ1n) is 10.8. The van der Waals surface area contributed by atoms with Gasteiger partial charge in [-0.2, -0.15) is 11.8 Å². The van der Waals surface area contributed by atoms with Crippen LogP contribution in [0.25, 0.3) is 0 Å². The number of hydrogen-bond donors (Lipinski definition) is 1. The second-order valence-electron chi connectivity index (χ2n) is 7.65. The molecule has 0 bridgehead atoms. The minimum Gasteiger partial charge on any atom is -0.497 e. The number of amides is 2. The predicted octanol–water partition coefficient (Wildman–Crippen LogP) is 4.65. The Hall–Kier alpha value is -2.47. The summed E-state index contributed by atoms with van der Waals surface area (Å²) < 4.78 is 5.22. The summed E-state index contributed by atoms with van der Waals surface area (Å²) in [5, 5.41) is 3.00. The summed E-state index contributed by atoms with van der Waals surface area (Å²) in [4.78, 5) is 27.5. The fraction of sp³-hybridized carbons (Fsp3) is 0.440. The molecule has 5 nitrogen and oxygen atoms in total. The van der Waals surface area contributed by atoms with Crippen molar-refractivity contribution in [1.29, 1.82) is 0 Å². The molecule has 1 N–H and O–H groups in total. The van der Waals surface area contributed by atoms with Crippen LogP contribution in [-0.2, 0) is 21.9 Å². The summed E-state index contributed by atoms with van der Waals surface area (Å²) in [6.45, 7) is 6.19. The molecule has 0 aromatic heterocycles. The second-order valence-corrected chi connectivity index (χ2v) is 8.76. The van der Waals surface area contributed by atoms with Gasteiger partial charge in [0.25, 0.3) is 0 Å².